The maximum absolute atomic E-state index is 13.1. The Morgan fingerprint density at radius 1 is 1.00 bits per heavy atom. The van der Waals surface area contributed by atoms with E-state index < -0.39 is 58.2 Å². The zero-order valence-corrected chi connectivity index (χ0v) is 11.8. The third kappa shape index (κ3) is 2.85. The number of hydrogen-bond acceptors (Lipinski definition) is 3. The Hall–Kier alpha value is -1.90. The van der Waals surface area contributed by atoms with E-state index in [1.807, 2.05) is 0 Å². The van der Waals surface area contributed by atoms with Gasteiger partial charge in [0.15, 0.2) is 11.6 Å². The average molecular weight is 340 g/mol. The van der Waals surface area contributed by atoms with Gasteiger partial charge in [0.25, 0.3) is 0 Å². The molecule has 0 saturated carbocycles. The number of benzene rings is 1. The van der Waals surface area contributed by atoms with Crippen LogP contribution in [0.3, 0.4) is 0 Å². The van der Waals surface area contributed by atoms with E-state index in [0.29, 0.717) is 0 Å². The highest BCUT2D eigenvalue weighted by Crippen LogP contribution is 2.43. The standard InChI is InChI=1S/C14H10F6O3/c1-5(23-2)9-11(21)7-3-6(13(15,16)17)4-8(14(18,19)20)10(7)12(9)22/h3-5,9H,1-2H3. The molecule has 1 aliphatic rings. The normalized spacial score (nSPS) is 19.9. The number of ether oxygens (including phenoxy) is 1. The number of rotatable bonds is 2. The van der Waals surface area contributed by atoms with Gasteiger partial charge in [0, 0.05) is 18.2 Å². The Bertz CT molecular complexity index is 674. The number of methoxy groups -OCH3 is 1. The summed E-state index contributed by atoms with van der Waals surface area (Å²) in [4.78, 5) is 24.3. The van der Waals surface area contributed by atoms with Gasteiger partial charge in [0.2, 0.25) is 0 Å². The maximum atomic E-state index is 13.1. The molecule has 0 heterocycles. The van der Waals surface area contributed by atoms with Gasteiger partial charge in [-0.2, -0.15) is 26.3 Å². The first-order valence-electron chi connectivity index (χ1n) is 6.33. The van der Waals surface area contributed by atoms with Crippen LogP contribution in [0.25, 0.3) is 0 Å². The molecule has 2 unspecified atom stereocenters. The molecule has 0 fully saturated rings. The summed E-state index contributed by atoms with van der Waals surface area (Å²) >= 11 is 0. The van der Waals surface area contributed by atoms with Crippen LogP contribution in [0, 0.1) is 5.92 Å². The quantitative estimate of drug-likeness (QED) is 0.608. The molecule has 2 rings (SSSR count). The SMILES string of the molecule is COC(C)C1C(=O)c2cc(C(F)(F)F)cc(C(F)(F)F)c2C1=O. The molecular weight excluding hydrogens is 330 g/mol. The topological polar surface area (TPSA) is 43.4 Å². The number of halogens is 6. The van der Waals surface area contributed by atoms with Crippen molar-refractivity contribution in [2.45, 2.75) is 25.4 Å². The van der Waals surface area contributed by atoms with Crippen molar-refractivity contribution in [1.29, 1.82) is 0 Å². The van der Waals surface area contributed by atoms with Crippen LogP contribution in [0.4, 0.5) is 26.3 Å². The van der Waals surface area contributed by atoms with Crippen LogP contribution in [0.5, 0.6) is 0 Å². The van der Waals surface area contributed by atoms with E-state index in [9.17, 15) is 35.9 Å². The molecule has 3 nitrogen and oxygen atoms in total. The molecule has 0 aliphatic heterocycles. The van der Waals surface area contributed by atoms with Crippen molar-refractivity contribution in [1.82, 2.24) is 0 Å². The summed E-state index contributed by atoms with van der Waals surface area (Å²) in [6.07, 6.45) is -11.3. The zero-order chi connectivity index (χ0) is 17.7. The van der Waals surface area contributed by atoms with Gasteiger partial charge in [-0.25, -0.2) is 0 Å². The first-order valence-corrected chi connectivity index (χ1v) is 6.33. The highest BCUT2D eigenvalue weighted by Gasteiger charge is 2.49. The molecule has 0 aromatic heterocycles. The maximum Gasteiger partial charge on any atom is 0.417 e. The van der Waals surface area contributed by atoms with Crippen LogP contribution in [0.2, 0.25) is 0 Å². The van der Waals surface area contributed by atoms with Gasteiger partial charge in [-0.05, 0) is 19.1 Å². The molecule has 0 radical (unpaired) electrons. The number of hydrogen-bond donors (Lipinski definition) is 0. The lowest BCUT2D eigenvalue weighted by molar-refractivity contribution is -0.143. The zero-order valence-electron chi connectivity index (χ0n) is 11.8. The van der Waals surface area contributed by atoms with E-state index in [4.69, 9.17) is 4.74 Å². The molecule has 1 aromatic carbocycles. The minimum atomic E-state index is -5.20. The van der Waals surface area contributed by atoms with E-state index in [1.165, 1.54) is 6.92 Å². The lowest BCUT2D eigenvalue weighted by Crippen LogP contribution is -2.29. The third-order valence-corrected chi connectivity index (χ3v) is 3.69. The van der Waals surface area contributed by atoms with Crippen molar-refractivity contribution < 1.29 is 40.7 Å². The smallest absolute Gasteiger partial charge is 0.381 e. The molecule has 1 aromatic rings. The molecule has 2 atom stereocenters. The van der Waals surface area contributed by atoms with Crippen LogP contribution < -0.4 is 0 Å². The fourth-order valence-electron chi connectivity index (χ4n) is 2.49. The number of alkyl halides is 6. The fourth-order valence-corrected chi connectivity index (χ4v) is 2.49. The summed E-state index contributed by atoms with van der Waals surface area (Å²) in [5.74, 6) is -3.86. The van der Waals surface area contributed by atoms with Crippen LogP contribution >= 0.6 is 0 Å². The van der Waals surface area contributed by atoms with E-state index in [0.717, 1.165) is 7.11 Å². The molecule has 0 spiro atoms. The van der Waals surface area contributed by atoms with Crippen LogP contribution in [0.15, 0.2) is 12.1 Å². The molecule has 0 bridgehead atoms. The van der Waals surface area contributed by atoms with Gasteiger partial charge < -0.3 is 4.74 Å². The number of carbonyl (C=O) groups is 2. The van der Waals surface area contributed by atoms with Gasteiger partial charge >= 0.3 is 12.4 Å². The Morgan fingerprint density at radius 3 is 2.00 bits per heavy atom. The second-order valence-corrected chi connectivity index (χ2v) is 5.09. The van der Waals surface area contributed by atoms with Crippen molar-refractivity contribution in [2.24, 2.45) is 5.92 Å². The van der Waals surface area contributed by atoms with Crippen LogP contribution in [-0.2, 0) is 17.1 Å². The molecule has 126 valence electrons. The van der Waals surface area contributed by atoms with Crippen molar-refractivity contribution in [3.05, 3.63) is 34.4 Å². The number of fused-ring (bicyclic) bond motifs is 1. The first-order chi connectivity index (χ1) is 10.4. The Labute approximate surface area is 126 Å². The monoisotopic (exact) mass is 340 g/mol. The molecule has 0 amide bonds. The summed E-state index contributed by atoms with van der Waals surface area (Å²) in [5.41, 5.74) is -5.28. The second kappa shape index (κ2) is 5.33. The molecule has 0 N–H and O–H groups in total. The Morgan fingerprint density at radius 2 is 1.57 bits per heavy atom. The summed E-state index contributed by atoms with van der Waals surface area (Å²) in [5, 5.41) is 0. The van der Waals surface area contributed by atoms with Crippen LogP contribution in [0.1, 0.15) is 38.8 Å². The van der Waals surface area contributed by atoms with E-state index >= 15 is 0 Å². The van der Waals surface area contributed by atoms with Gasteiger partial charge in [-0.3, -0.25) is 9.59 Å². The first kappa shape index (κ1) is 17.5. The van der Waals surface area contributed by atoms with Gasteiger partial charge in [0.1, 0.15) is 5.92 Å². The van der Waals surface area contributed by atoms with E-state index in [-0.39, 0.29) is 12.1 Å². The molecule has 23 heavy (non-hydrogen) atoms. The summed E-state index contributed by atoms with van der Waals surface area (Å²) in [7, 11) is 1.14. The summed E-state index contributed by atoms with van der Waals surface area (Å²) < 4.78 is 82.3. The Kier molecular flexibility index (Phi) is 4.04. The van der Waals surface area contributed by atoms with Crippen molar-refractivity contribution in [2.75, 3.05) is 7.11 Å². The third-order valence-electron chi connectivity index (χ3n) is 3.69. The largest absolute Gasteiger partial charge is 0.417 e. The lowest BCUT2D eigenvalue weighted by Gasteiger charge is -2.15. The second-order valence-electron chi connectivity index (χ2n) is 5.09. The Balaban J connectivity index is 2.76. The number of carbonyl (C=O) groups excluding carboxylic acids is 2. The molecule has 0 saturated heterocycles. The van der Waals surface area contributed by atoms with Crippen molar-refractivity contribution >= 4 is 11.6 Å². The minimum Gasteiger partial charge on any atom is -0.381 e. The van der Waals surface area contributed by atoms with Gasteiger partial charge in [-0.1, -0.05) is 0 Å². The minimum absolute atomic E-state index is 0.149. The molecular formula is C14H10F6O3. The predicted octanol–water partition coefficient (Wildman–Crippen LogP) is 3.75. The summed E-state index contributed by atoms with van der Waals surface area (Å²) in [6.45, 7) is 1.28. The predicted molar refractivity (Wildman–Crippen MR) is 65.1 cm³/mol. The van der Waals surface area contributed by atoms with E-state index in [1.54, 1.807) is 0 Å². The highest BCUT2D eigenvalue weighted by molar-refractivity contribution is 6.27. The number of ketones is 2. The summed E-state index contributed by atoms with van der Waals surface area (Å²) in [6, 6.07) is 0.136. The average Bonchev–Trinajstić information content (AvgIpc) is 2.67. The van der Waals surface area contributed by atoms with E-state index in [2.05, 4.69) is 0 Å². The van der Waals surface area contributed by atoms with Crippen molar-refractivity contribution in [3.63, 3.8) is 0 Å². The fraction of sp³-hybridized carbons (Fsp3) is 0.429. The van der Waals surface area contributed by atoms with Gasteiger partial charge in [-0.15, -0.1) is 0 Å². The number of Topliss-reactive ketones (excluding diaryl/α,β-unsaturated/α-hetero) is 2. The lowest BCUT2D eigenvalue weighted by atomic mass is 9.97. The highest BCUT2D eigenvalue weighted by atomic mass is 19.4. The van der Waals surface area contributed by atoms with Crippen molar-refractivity contribution in [3.8, 4) is 0 Å². The van der Waals surface area contributed by atoms with Gasteiger partial charge in [0.05, 0.1) is 17.2 Å². The van der Waals surface area contributed by atoms with Crippen LogP contribution in [-0.4, -0.2) is 24.8 Å². The molecule has 1 aliphatic carbocycles. The molecule has 9 heteroatoms.